The Kier molecular flexibility index (Phi) is 5.67. The van der Waals surface area contributed by atoms with Gasteiger partial charge in [-0.15, -0.1) is 0 Å². The van der Waals surface area contributed by atoms with Crippen molar-refractivity contribution < 1.29 is 8.78 Å². The summed E-state index contributed by atoms with van der Waals surface area (Å²) in [6.07, 6.45) is -0.237. The summed E-state index contributed by atoms with van der Waals surface area (Å²) in [5.74, 6) is 0. The second kappa shape index (κ2) is 7.29. The number of alkyl halides is 2. The maximum Gasteiger partial charge on any atom is 0.263 e. The minimum absolute atomic E-state index is 0.0341. The van der Waals surface area contributed by atoms with E-state index in [0.29, 0.717) is 12.6 Å². The first-order valence-corrected chi connectivity index (χ1v) is 7.51. The zero-order chi connectivity index (χ0) is 15.4. The first-order valence-electron chi connectivity index (χ1n) is 7.51. The highest BCUT2D eigenvalue weighted by molar-refractivity contribution is 5.27. The Bertz CT molecular complexity index is 443. The fourth-order valence-electron chi connectivity index (χ4n) is 3.11. The van der Waals surface area contributed by atoms with E-state index in [1.807, 2.05) is 6.07 Å². The van der Waals surface area contributed by atoms with Gasteiger partial charge in [-0.1, -0.05) is 18.2 Å². The van der Waals surface area contributed by atoms with Crippen LogP contribution in [0, 0.1) is 0 Å². The van der Waals surface area contributed by atoms with Gasteiger partial charge in [0.15, 0.2) is 0 Å². The second-order valence-corrected chi connectivity index (χ2v) is 5.95. The lowest BCUT2D eigenvalue weighted by atomic mass is 9.97. The van der Waals surface area contributed by atoms with E-state index in [-0.39, 0.29) is 11.6 Å². The summed E-state index contributed by atoms with van der Waals surface area (Å²) in [5, 5.41) is 0. The van der Waals surface area contributed by atoms with Crippen LogP contribution < -0.4 is 5.73 Å². The predicted octanol–water partition coefficient (Wildman–Crippen LogP) is 2.65. The molecular formula is C16H25F2N3. The van der Waals surface area contributed by atoms with Crippen molar-refractivity contribution in [1.82, 2.24) is 9.80 Å². The molecule has 2 N–H and O–H groups in total. The van der Waals surface area contributed by atoms with Crippen LogP contribution in [0.25, 0.3) is 0 Å². The molecule has 5 heteroatoms. The summed E-state index contributed by atoms with van der Waals surface area (Å²) in [7, 11) is 4.21. The zero-order valence-corrected chi connectivity index (χ0v) is 12.8. The fourth-order valence-corrected chi connectivity index (χ4v) is 3.11. The highest BCUT2D eigenvalue weighted by Gasteiger charge is 2.26. The zero-order valence-electron chi connectivity index (χ0n) is 12.8. The van der Waals surface area contributed by atoms with Crippen molar-refractivity contribution in [1.29, 1.82) is 0 Å². The van der Waals surface area contributed by atoms with Crippen LogP contribution in [0.4, 0.5) is 8.78 Å². The fraction of sp³-hybridized carbons (Fsp3) is 0.625. The molecular weight excluding hydrogens is 272 g/mol. The van der Waals surface area contributed by atoms with Crippen LogP contribution in [0.3, 0.4) is 0 Å². The van der Waals surface area contributed by atoms with Gasteiger partial charge in [-0.2, -0.15) is 0 Å². The molecule has 118 valence electrons. The number of hydrogen-bond acceptors (Lipinski definition) is 3. The third-order valence-electron chi connectivity index (χ3n) is 4.44. The van der Waals surface area contributed by atoms with Crippen molar-refractivity contribution in [3.63, 3.8) is 0 Å². The Morgan fingerprint density at radius 2 is 1.86 bits per heavy atom. The molecule has 0 amide bonds. The van der Waals surface area contributed by atoms with Gasteiger partial charge in [-0.05, 0) is 38.6 Å². The maximum absolute atomic E-state index is 12.8. The number of rotatable bonds is 5. The third kappa shape index (κ3) is 3.99. The number of hydrogen-bond donors (Lipinski definition) is 1. The molecule has 0 bridgehead atoms. The smallest absolute Gasteiger partial charge is 0.263 e. The van der Waals surface area contributed by atoms with E-state index >= 15 is 0 Å². The van der Waals surface area contributed by atoms with Gasteiger partial charge >= 0.3 is 0 Å². The molecule has 3 nitrogen and oxygen atoms in total. The Labute approximate surface area is 125 Å². The standard InChI is InChI=1S/C16H25F2N3/c1-20(2)14-6-8-21(9-7-14)15(11-19)12-4-3-5-13(10-12)16(17)18/h3-5,10,14-16H,6-9,11,19H2,1-2H3. The van der Waals surface area contributed by atoms with E-state index in [1.165, 1.54) is 6.07 Å². The van der Waals surface area contributed by atoms with Crippen LogP contribution in [0.2, 0.25) is 0 Å². The van der Waals surface area contributed by atoms with Gasteiger partial charge in [0.05, 0.1) is 0 Å². The van der Waals surface area contributed by atoms with Gasteiger partial charge in [0.2, 0.25) is 0 Å². The topological polar surface area (TPSA) is 32.5 Å². The van der Waals surface area contributed by atoms with Crippen LogP contribution in [-0.4, -0.2) is 49.6 Å². The van der Waals surface area contributed by atoms with Crippen LogP contribution in [0.5, 0.6) is 0 Å². The number of piperidine rings is 1. The predicted molar refractivity (Wildman–Crippen MR) is 81.5 cm³/mol. The molecule has 0 radical (unpaired) electrons. The average Bonchev–Trinajstić information content (AvgIpc) is 2.49. The molecule has 1 heterocycles. The summed E-state index contributed by atoms with van der Waals surface area (Å²) in [4.78, 5) is 4.58. The normalized spacial score (nSPS) is 19.4. The quantitative estimate of drug-likeness (QED) is 0.907. The lowest BCUT2D eigenvalue weighted by molar-refractivity contribution is 0.110. The summed E-state index contributed by atoms with van der Waals surface area (Å²) in [5.41, 5.74) is 6.90. The second-order valence-electron chi connectivity index (χ2n) is 5.95. The van der Waals surface area contributed by atoms with Crippen molar-refractivity contribution in [2.45, 2.75) is 31.4 Å². The highest BCUT2D eigenvalue weighted by Crippen LogP contribution is 2.28. The Hall–Kier alpha value is -1.04. The minimum atomic E-state index is -2.43. The molecule has 1 atom stereocenters. The molecule has 0 aromatic heterocycles. The molecule has 0 saturated carbocycles. The van der Waals surface area contributed by atoms with E-state index < -0.39 is 6.43 Å². The van der Waals surface area contributed by atoms with Gasteiger partial charge in [-0.25, -0.2) is 8.78 Å². The number of likely N-dealkylation sites (tertiary alicyclic amines) is 1. The number of nitrogens with two attached hydrogens (primary N) is 1. The Morgan fingerprint density at radius 3 is 2.38 bits per heavy atom. The molecule has 1 saturated heterocycles. The lowest BCUT2D eigenvalue weighted by Gasteiger charge is -2.39. The Balaban J connectivity index is 2.08. The molecule has 1 unspecified atom stereocenters. The summed E-state index contributed by atoms with van der Waals surface area (Å²) in [6, 6.07) is 7.31. The van der Waals surface area contributed by atoms with E-state index in [2.05, 4.69) is 23.9 Å². The van der Waals surface area contributed by atoms with Crippen molar-refractivity contribution in [2.75, 3.05) is 33.7 Å². The van der Waals surface area contributed by atoms with E-state index in [1.54, 1.807) is 12.1 Å². The van der Waals surface area contributed by atoms with Crippen LogP contribution in [0.1, 0.15) is 36.4 Å². The van der Waals surface area contributed by atoms with Crippen molar-refractivity contribution in [3.05, 3.63) is 35.4 Å². The highest BCUT2D eigenvalue weighted by atomic mass is 19.3. The molecule has 1 fully saturated rings. The molecule has 1 aliphatic heterocycles. The van der Waals surface area contributed by atoms with Crippen LogP contribution in [-0.2, 0) is 0 Å². The van der Waals surface area contributed by atoms with Gasteiger partial charge in [0, 0.05) is 37.3 Å². The molecule has 1 aromatic rings. The third-order valence-corrected chi connectivity index (χ3v) is 4.44. The SMILES string of the molecule is CN(C)C1CCN(C(CN)c2cccc(C(F)F)c2)CC1. The molecule has 21 heavy (non-hydrogen) atoms. The van der Waals surface area contributed by atoms with Crippen molar-refractivity contribution in [3.8, 4) is 0 Å². The Morgan fingerprint density at radius 1 is 1.24 bits per heavy atom. The number of halogens is 2. The van der Waals surface area contributed by atoms with E-state index in [9.17, 15) is 8.78 Å². The monoisotopic (exact) mass is 297 g/mol. The van der Waals surface area contributed by atoms with Crippen LogP contribution in [0.15, 0.2) is 24.3 Å². The van der Waals surface area contributed by atoms with Crippen LogP contribution >= 0.6 is 0 Å². The summed E-state index contributed by atoms with van der Waals surface area (Å²) >= 11 is 0. The van der Waals surface area contributed by atoms with Gasteiger partial charge in [0.25, 0.3) is 6.43 Å². The van der Waals surface area contributed by atoms with Gasteiger partial charge in [-0.3, -0.25) is 4.90 Å². The minimum Gasteiger partial charge on any atom is -0.329 e. The van der Waals surface area contributed by atoms with Crippen molar-refractivity contribution >= 4 is 0 Å². The van der Waals surface area contributed by atoms with Crippen molar-refractivity contribution in [2.24, 2.45) is 5.73 Å². The average molecular weight is 297 g/mol. The lowest BCUT2D eigenvalue weighted by Crippen LogP contribution is -2.45. The first-order chi connectivity index (χ1) is 10.0. The van der Waals surface area contributed by atoms with E-state index in [4.69, 9.17) is 5.73 Å². The molecule has 1 aromatic carbocycles. The summed E-state index contributed by atoms with van der Waals surface area (Å²) in [6.45, 7) is 2.38. The molecule has 1 aliphatic rings. The maximum atomic E-state index is 12.8. The molecule has 2 rings (SSSR count). The first kappa shape index (κ1) is 16.3. The molecule has 0 aliphatic carbocycles. The van der Waals surface area contributed by atoms with E-state index in [0.717, 1.165) is 31.5 Å². The largest absolute Gasteiger partial charge is 0.329 e. The summed E-state index contributed by atoms with van der Waals surface area (Å²) < 4.78 is 25.7. The number of nitrogens with zero attached hydrogens (tertiary/aromatic N) is 2. The molecule has 0 spiro atoms. The van der Waals surface area contributed by atoms with Gasteiger partial charge < -0.3 is 10.6 Å². The van der Waals surface area contributed by atoms with Gasteiger partial charge in [0.1, 0.15) is 0 Å². The number of benzene rings is 1.